The zero-order valence-electron chi connectivity index (χ0n) is 11.5. The smallest absolute Gasteiger partial charge is 0.119 e. The molecule has 5 heteroatoms. The number of methoxy groups -OCH3 is 1. The Morgan fingerprint density at radius 2 is 1.47 bits per heavy atom. The fourth-order valence-corrected chi connectivity index (χ4v) is 1.41. The zero-order chi connectivity index (χ0) is 13.8. The zero-order valence-corrected chi connectivity index (χ0v) is 11.5. The van der Waals surface area contributed by atoms with Crippen LogP contribution in [0.25, 0.3) is 0 Å². The predicted molar refractivity (Wildman–Crippen MR) is 74.5 cm³/mol. The summed E-state index contributed by atoms with van der Waals surface area (Å²) in [6, 6.07) is 7.30. The van der Waals surface area contributed by atoms with E-state index in [4.69, 9.17) is 24.7 Å². The van der Waals surface area contributed by atoms with Crippen molar-refractivity contribution in [1.29, 1.82) is 0 Å². The van der Waals surface area contributed by atoms with Crippen LogP contribution < -0.4 is 10.5 Å². The van der Waals surface area contributed by atoms with E-state index in [1.165, 1.54) is 0 Å². The molecule has 0 fully saturated rings. The number of hydrogen-bond donors (Lipinski definition) is 1. The van der Waals surface area contributed by atoms with Crippen LogP contribution in [-0.2, 0) is 14.2 Å². The lowest BCUT2D eigenvalue weighted by Crippen LogP contribution is -2.11. The molecule has 1 rings (SSSR count). The van der Waals surface area contributed by atoms with E-state index >= 15 is 0 Å². The topological polar surface area (TPSA) is 62.9 Å². The summed E-state index contributed by atoms with van der Waals surface area (Å²) >= 11 is 0. The van der Waals surface area contributed by atoms with Gasteiger partial charge in [0, 0.05) is 26.0 Å². The van der Waals surface area contributed by atoms with E-state index in [0.717, 1.165) is 24.5 Å². The molecule has 1 aromatic rings. The van der Waals surface area contributed by atoms with Gasteiger partial charge in [-0.3, -0.25) is 0 Å². The Bertz CT molecular complexity index is 316. The van der Waals surface area contributed by atoms with Gasteiger partial charge < -0.3 is 24.7 Å². The van der Waals surface area contributed by atoms with E-state index in [0.29, 0.717) is 33.0 Å². The normalized spacial score (nSPS) is 10.6. The van der Waals surface area contributed by atoms with Crippen molar-refractivity contribution in [2.45, 2.75) is 6.42 Å². The van der Waals surface area contributed by atoms with Crippen molar-refractivity contribution in [2.24, 2.45) is 0 Å². The first-order valence-corrected chi connectivity index (χ1v) is 6.45. The summed E-state index contributed by atoms with van der Waals surface area (Å²) in [5, 5.41) is 0. The summed E-state index contributed by atoms with van der Waals surface area (Å²) in [6.45, 7) is 3.69. The van der Waals surface area contributed by atoms with Gasteiger partial charge in [-0.2, -0.15) is 0 Å². The van der Waals surface area contributed by atoms with Crippen LogP contribution in [0.2, 0.25) is 0 Å². The average molecular weight is 269 g/mol. The SMILES string of the molecule is COCCCOCCOCCOc1ccc(N)cc1. The van der Waals surface area contributed by atoms with Gasteiger partial charge >= 0.3 is 0 Å². The van der Waals surface area contributed by atoms with Crippen molar-refractivity contribution in [3.63, 3.8) is 0 Å². The highest BCUT2D eigenvalue weighted by Crippen LogP contribution is 2.12. The molecule has 2 N–H and O–H groups in total. The van der Waals surface area contributed by atoms with Crippen molar-refractivity contribution in [1.82, 2.24) is 0 Å². The molecule has 5 nitrogen and oxygen atoms in total. The maximum Gasteiger partial charge on any atom is 0.119 e. The summed E-state index contributed by atoms with van der Waals surface area (Å²) in [6.07, 6.45) is 0.913. The Hall–Kier alpha value is -1.30. The van der Waals surface area contributed by atoms with Crippen LogP contribution >= 0.6 is 0 Å². The van der Waals surface area contributed by atoms with E-state index in [1.54, 1.807) is 7.11 Å². The molecule has 0 unspecified atom stereocenters. The summed E-state index contributed by atoms with van der Waals surface area (Å²) < 4.78 is 21.1. The molecule has 19 heavy (non-hydrogen) atoms. The number of anilines is 1. The lowest BCUT2D eigenvalue weighted by atomic mass is 10.3. The number of ether oxygens (including phenoxy) is 4. The molecule has 0 bridgehead atoms. The molecule has 0 amide bonds. The minimum absolute atomic E-state index is 0.521. The molecule has 0 atom stereocenters. The molecular weight excluding hydrogens is 246 g/mol. The van der Waals surface area contributed by atoms with Crippen LogP contribution in [0.3, 0.4) is 0 Å². The molecule has 0 heterocycles. The van der Waals surface area contributed by atoms with Crippen LogP contribution in [-0.4, -0.2) is 46.8 Å². The van der Waals surface area contributed by atoms with Gasteiger partial charge in [0.15, 0.2) is 0 Å². The van der Waals surface area contributed by atoms with Crippen molar-refractivity contribution < 1.29 is 18.9 Å². The van der Waals surface area contributed by atoms with Gasteiger partial charge in [-0.05, 0) is 30.7 Å². The highest BCUT2D eigenvalue weighted by atomic mass is 16.5. The Labute approximate surface area is 114 Å². The molecule has 0 aliphatic rings. The molecule has 0 aromatic heterocycles. The Kier molecular flexibility index (Phi) is 8.80. The van der Waals surface area contributed by atoms with E-state index in [2.05, 4.69) is 0 Å². The highest BCUT2D eigenvalue weighted by molar-refractivity contribution is 5.41. The summed E-state index contributed by atoms with van der Waals surface area (Å²) in [7, 11) is 1.68. The largest absolute Gasteiger partial charge is 0.491 e. The highest BCUT2D eigenvalue weighted by Gasteiger charge is 1.94. The molecule has 0 spiro atoms. The number of nitrogen functional groups attached to an aromatic ring is 1. The fraction of sp³-hybridized carbons (Fsp3) is 0.571. The van der Waals surface area contributed by atoms with Gasteiger partial charge in [0.2, 0.25) is 0 Å². The van der Waals surface area contributed by atoms with Gasteiger partial charge in [-0.25, -0.2) is 0 Å². The predicted octanol–water partition coefficient (Wildman–Crippen LogP) is 1.72. The first-order chi connectivity index (χ1) is 9.33. The maximum atomic E-state index is 5.58. The molecule has 0 saturated carbocycles. The third-order valence-electron chi connectivity index (χ3n) is 2.39. The van der Waals surface area contributed by atoms with Gasteiger partial charge in [-0.1, -0.05) is 0 Å². The minimum Gasteiger partial charge on any atom is -0.491 e. The quantitative estimate of drug-likeness (QED) is 0.489. The molecule has 0 aliphatic heterocycles. The summed E-state index contributed by atoms with van der Waals surface area (Å²) in [5.74, 6) is 0.800. The standard InChI is InChI=1S/C14H23NO4/c1-16-7-2-8-17-9-10-18-11-12-19-14-5-3-13(15)4-6-14/h3-6H,2,7-12,15H2,1H3. The molecule has 108 valence electrons. The first kappa shape index (κ1) is 15.8. The van der Waals surface area contributed by atoms with Crippen molar-refractivity contribution in [3.8, 4) is 5.75 Å². The van der Waals surface area contributed by atoms with Crippen LogP contribution in [0.4, 0.5) is 5.69 Å². The molecule has 1 aromatic carbocycles. The number of benzene rings is 1. The second-order valence-corrected chi connectivity index (χ2v) is 3.99. The van der Waals surface area contributed by atoms with E-state index < -0.39 is 0 Å². The number of hydrogen-bond acceptors (Lipinski definition) is 5. The van der Waals surface area contributed by atoms with E-state index in [-0.39, 0.29) is 0 Å². The lowest BCUT2D eigenvalue weighted by molar-refractivity contribution is 0.0304. The van der Waals surface area contributed by atoms with Crippen molar-refractivity contribution >= 4 is 5.69 Å². The average Bonchev–Trinajstić information content (AvgIpc) is 2.43. The maximum absolute atomic E-state index is 5.58. The van der Waals surface area contributed by atoms with E-state index in [1.807, 2.05) is 24.3 Å². The van der Waals surface area contributed by atoms with Crippen LogP contribution in [0.15, 0.2) is 24.3 Å². The molecule has 0 radical (unpaired) electrons. The molecular formula is C14H23NO4. The second kappa shape index (κ2) is 10.6. The molecule has 0 aliphatic carbocycles. The number of nitrogens with two attached hydrogens (primary N) is 1. The Morgan fingerprint density at radius 3 is 2.16 bits per heavy atom. The van der Waals surface area contributed by atoms with Crippen molar-refractivity contribution in [2.75, 3.05) is 52.5 Å². The van der Waals surface area contributed by atoms with E-state index in [9.17, 15) is 0 Å². The second-order valence-electron chi connectivity index (χ2n) is 3.99. The number of rotatable bonds is 11. The first-order valence-electron chi connectivity index (χ1n) is 6.45. The van der Waals surface area contributed by atoms with Gasteiger partial charge in [0.1, 0.15) is 12.4 Å². The third-order valence-corrected chi connectivity index (χ3v) is 2.39. The van der Waals surface area contributed by atoms with Crippen LogP contribution in [0.1, 0.15) is 6.42 Å². The lowest BCUT2D eigenvalue weighted by Gasteiger charge is -2.08. The monoisotopic (exact) mass is 269 g/mol. The van der Waals surface area contributed by atoms with Gasteiger partial charge in [0.25, 0.3) is 0 Å². The summed E-state index contributed by atoms with van der Waals surface area (Å²) in [4.78, 5) is 0. The van der Waals surface area contributed by atoms with Gasteiger partial charge in [-0.15, -0.1) is 0 Å². The Balaban J connectivity index is 1.87. The van der Waals surface area contributed by atoms with Gasteiger partial charge in [0.05, 0.1) is 19.8 Å². The van der Waals surface area contributed by atoms with Crippen LogP contribution in [0.5, 0.6) is 5.75 Å². The van der Waals surface area contributed by atoms with Crippen molar-refractivity contribution in [3.05, 3.63) is 24.3 Å². The fourth-order valence-electron chi connectivity index (χ4n) is 1.41. The summed E-state index contributed by atoms with van der Waals surface area (Å²) in [5.41, 5.74) is 6.31. The minimum atomic E-state index is 0.521. The Morgan fingerprint density at radius 1 is 0.842 bits per heavy atom. The van der Waals surface area contributed by atoms with Crippen LogP contribution in [0, 0.1) is 0 Å². The molecule has 0 saturated heterocycles. The third kappa shape index (κ3) is 8.42.